The van der Waals surface area contributed by atoms with Gasteiger partial charge in [0.2, 0.25) is 0 Å². The van der Waals surface area contributed by atoms with Crippen LogP contribution in [0.3, 0.4) is 0 Å². The van der Waals surface area contributed by atoms with E-state index in [-0.39, 0.29) is 31.8 Å². The van der Waals surface area contributed by atoms with Crippen LogP contribution in [0.15, 0.2) is 24.3 Å². The Kier molecular flexibility index (Phi) is 4.87. The van der Waals surface area contributed by atoms with Crippen molar-refractivity contribution in [1.82, 2.24) is 4.90 Å². The lowest BCUT2D eigenvalue weighted by atomic mass is 9.91. The van der Waals surface area contributed by atoms with Crippen LogP contribution in [0, 0.1) is 0 Å². The van der Waals surface area contributed by atoms with Crippen molar-refractivity contribution >= 4 is 23.5 Å². The molecule has 23 heavy (non-hydrogen) atoms. The Morgan fingerprint density at radius 2 is 1.91 bits per heavy atom. The molecule has 7 heteroatoms. The molecule has 1 aliphatic heterocycles. The summed E-state index contributed by atoms with van der Waals surface area (Å²) in [5.41, 5.74) is -2.88. The lowest BCUT2D eigenvalue weighted by Crippen LogP contribution is -2.56. The largest absolute Gasteiger partial charge is 0.479 e. The highest BCUT2D eigenvalue weighted by atomic mass is 35.5. The van der Waals surface area contributed by atoms with Crippen LogP contribution < -0.4 is 4.74 Å². The monoisotopic (exact) mass is 341 g/mol. The SMILES string of the molecule is CC(C)(Oc1cccc(Cl)c1)C(=O)N1CCC(O)(C(=O)O)CC1. The van der Waals surface area contributed by atoms with Gasteiger partial charge in [-0.25, -0.2) is 4.79 Å². The minimum absolute atomic E-state index is 0.00131. The molecule has 0 bridgehead atoms. The number of carbonyl (C=O) groups is 2. The molecule has 1 aromatic rings. The molecule has 1 heterocycles. The highest BCUT2D eigenvalue weighted by molar-refractivity contribution is 6.30. The van der Waals surface area contributed by atoms with E-state index >= 15 is 0 Å². The minimum Gasteiger partial charge on any atom is -0.479 e. The number of rotatable bonds is 4. The number of nitrogens with zero attached hydrogens (tertiary/aromatic N) is 1. The highest BCUT2D eigenvalue weighted by Crippen LogP contribution is 2.27. The highest BCUT2D eigenvalue weighted by Gasteiger charge is 2.43. The normalized spacial score (nSPS) is 17.7. The molecule has 126 valence electrons. The summed E-state index contributed by atoms with van der Waals surface area (Å²) in [4.78, 5) is 25.2. The van der Waals surface area contributed by atoms with Gasteiger partial charge in [-0.3, -0.25) is 4.79 Å². The number of aliphatic hydroxyl groups is 1. The van der Waals surface area contributed by atoms with Crippen LogP contribution in [0.5, 0.6) is 5.75 Å². The predicted molar refractivity (Wildman–Crippen MR) is 84.6 cm³/mol. The number of amides is 1. The van der Waals surface area contributed by atoms with E-state index in [2.05, 4.69) is 0 Å². The first-order chi connectivity index (χ1) is 10.6. The number of halogens is 1. The lowest BCUT2D eigenvalue weighted by molar-refractivity contribution is -0.167. The zero-order chi connectivity index (χ0) is 17.3. The Morgan fingerprint density at radius 3 is 2.43 bits per heavy atom. The summed E-state index contributed by atoms with van der Waals surface area (Å²) in [6.45, 7) is 3.64. The fraction of sp³-hybridized carbons (Fsp3) is 0.500. The summed E-state index contributed by atoms with van der Waals surface area (Å²) in [6, 6.07) is 6.77. The van der Waals surface area contributed by atoms with E-state index in [0.29, 0.717) is 10.8 Å². The smallest absolute Gasteiger partial charge is 0.335 e. The average Bonchev–Trinajstić information content (AvgIpc) is 2.46. The van der Waals surface area contributed by atoms with Crippen LogP contribution in [0.2, 0.25) is 5.02 Å². The fourth-order valence-corrected chi connectivity index (χ4v) is 2.72. The fourth-order valence-electron chi connectivity index (χ4n) is 2.54. The van der Waals surface area contributed by atoms with Gasteiger partial charge in [-0.2, -0.15) is 0 Å². The summed E-state index contributed by atoms with van der Waals surface area (Å²) in [7, 11) is 0. The number of carboxylic acids is 1. The second-order valence-electron chi connectivity index (χ2n) is 6.20. The van der Waals surface area contributed by atoms with Gasteiger partial charge in [-0.05, 0) is 32.0 Å². The van der Waals surface area contributed by atoms with Crippen molar-refractivity contribution in [3.63, 3.8) is 0 Å². The van der Waals surface area contributed by atoms with E-state index in [1.54, 1.807) is 38.1 Å². The van der Waals surface area contributed by atoms with Crippen molar-refractivity contribution in [2.24, 2.45) is 0 Å². The molecule has 1 aliphatic rings. The van der Waals surface area contributed by atoms with Gasteiger partial charge in [0.05, 0.1) is 0 Å². The molecule has 1 saturated heterocycles. The second-order valence-corrected chi connectivity index (χ2v) is 6.64. The third-order valence-corrected chi connectivity index (χ3v) is 4.20. The maximum absolute atomic E-state index is 12.6. The summed E-state index contributed by atoms with van der Waals surface area (Å²) in [5.74, 6) is -1.03. The van der Waals surface area contributed by atoms with Gasteiger partial charge in [0.15, 0.2) is 11.2 Å². The standard InChI is InChI=1S/C16H20ClNO5/c1-15(2,23-12-5-3-4-11(17)10-12)13(19)18-8-6-16(22,7-9-18)14(20)21/h3-5,10,22H,6-9H2,1-2H3,(H,20,21). The Bertz CT molecular complexity index is 608. The van der Waals surface area contributed by atoms with Crippen LogP contribution >= 0.6 is 11.6 Å². The molecule has 1 amide bonds. The molecule has 0 atom stereocenters. The summed E-state index contributed by atoms with van der Waals surface area (Å²) in [5, 5.41) is 19.5. The van der Waals surface area contributed by atoms with Gasteiger partial charge in [0.25, 0.3) is 5.91 Å². The van der Waals surface area contributed by atoms with Crippen molar-refractivity contribution in [1.29, 1.82) is 0 Å². The number of hydrogen-bond acceptors (Lipinski definition) is 4. The van der Waals surface area contributed by atoms with Crippen molar-refractivity contribution in [3.8, 4) is 5.75 Å². The number of carbonyl (C=O) groups excluding carboxylic acids is 1. The van der Waals surface area contributed by atoms with Gasteiger partial charge in [0.1, 0.15) is 5.75 Å². The van der Waals surface area contributed by atoms with Crippen LogP contribution in [0.25, 0.3) is 0 Å². The maximum Gasteiger partial charge on any atom is 0.335 e. The third-order valence-electron chi connectivity index (χ3n) is 3.96. The molecular formula is C16H20ClNO5. The molecule has 6 nitrogen and oxygen atoms in total. The molecule has 0 saturated carbocycles. The quantitative estimate of drug-likeness (QED) is 0.873. The van der Waals surface area contributed by atoms with Crippen LogP contribution in [-0.2, 0) is 9.59 Å². The van der Waals surface area contributed by atoms with Crippen LogP contribution in [0.1, 0.15) is 26.7 Å². The first kappa shape index (κ1) is 17.6. The molecule has 0 spiro atoms. The van der Waals surface area contributed by atoms with Gasteiger partial charge < -0.3 is 19.8 Å². The Morgan fingerprint density at radius 1 is 1.30 bits per heavy atom. The number of benzene rings is 1. The Labute approximate surface area is 139 Å². The van der Waals surface area contributed by atoms with Crippen molar-refractivity contribution in [2.45, 2.75) is 37.9 Å². The topological polar surface area (TPSA) is 87.1 Å². The van der Waals surface area contributed by atoms with E-state index in [9.17, 15) is 14.7 Å². The number of hydrogen-bond donors (Lipinski definition) is 2. The molecule has 0 aromatic heterocycles. The minimum atomic E-state index is -1.76. The molecule has 0 unspecified atom stereocenters. The Hall–Kier alpha value is -1.79. The van der Waals surface area contributed by atoms with Crippen LogP contribution in [-0.4, -0.2) is 51.3 Å². The average molecular weight is 342 g/mol. The van der Waals surface area contributed by atoms with E-state index in [1.807, 2.05) is 0 Å². The molecule has 0 aliphatic carbocycles. The zero-order valence-electron chi connectivity index (χ0n) is 13.1. The van der Waals surface area contributed by atoms with E-state index in [1.165, 1.54) is 4.90 Å². The lowest BCUT2D eigenvalue weighted by Gasteiger charge is -2.39. The third kappa shape index (κ3) is 3.95. The summed E-state index contributed by atoms with van der Waals surface area (Å²) in [6.07, 6.45) is 0.00262. The number of aliphatic carboxylic acids is 1. The molecule has 0 radical (unpaired) electrons. The maximum atomic E-state index is 12.6. The van der Waals surface area contributed by atoms with Crippen molar-refractivity contribution in [3.05, 3.63) is 29.3 Å². The van der Waals surface area contributed by atoms with Gasteiger partial charge >= 0.3 is 5.97 Å². The van der Waals surface area contributed by atoms with E-state index in [0.717, 1.165) is 0 Å². The second kappa shape index (κ2) is 6.37. The first-order valence-corrected chi connectivity index (χ1v) is 7.72. The van der Waals surface area contributed by atoms with E-state index in [4.69, 9.17) is 21.4 Å². The van der Waals surface area contributed by atoms with Gasteiger partial charge in [-0.1, -0.05) is 17.7 Å². The van der Waals surface area contributed by atoms with Crippen molar-refractivity contribution < 1.29 is 24.5 Å². The summed E-state index contributed by atoms with van der Waals surface area (Å²) >= 11 is 5.90. The number of piperidine rings is 1. The van der Waals surface area contributed by atoms with E-state index < -0.39 is 17.2 Å². The van der Waals surface area contributed by atoms with Crippen LogP contribution in [0.4, 0.5) is 0 Å². The van der Waals surface area contributed by atoms with Gasteiger partial charge in [-0.15, -0.1) is 0 Å². The molecule has 1 fully saturated rings. The number of carboxylic acid groups (broad SMARTS) is 1. The molecule has 2 rings (SSSR count). The molecule has 2 N–H and O–H groups in total. The zero-order valence-corrected chi connectivity index (χ0v) is 13.8. The predicted octanol–water partition coefficient (Wildman–Crippen LogP) is 1.94. The first-order valence-electron chi connectivity index (χ1n) is 7.34. The van der Waals surface area contributed by atoms with Crippen molar-refractivity contribution in [2.75, 3.05) is 13.1 Å². The molecule has 1 aromatic carbocycles. The summed E-state index contributed by atoms with van der Waals surface area (Å²) < 4.78 is 5.74. The van der Waals surface area contributed by atoms with Gasteiger partial charge in [0, 0.05) is 31.0 Å². The number of likely N-dealkylation sites (tertiary alicyclic amines) is 1. The number of ether oxygens (including phenoxy) is 1. The Balaban J connectivity index is 2.03. The molecular weight excluding hydrogens is 322 g/mol.